The molecule has 0 unspecified atom stereocenters. The van der Waals surface area contributed by atoms with Gasteiger partial charge in [0.25, 0.3) is 5.91 Å². The summed E-state index contributed by atoms with van der Waals surface area (Å²) in [5.74, 6) is 0.269. The van der Waals surface area contributed by atoms with E-state index in [1.165, 1.54) is 0 Å². The summed E-state index contributed by atoms with van der Waals surface area (Å²) in [5.41, 5.74) is 6.94. The fraction of sp³-hybridized carbons (Fsp3) is 0.500. The van der Waals surface area contributed by atoms with Crippen LogP contribution in [-0.4, -0.2) is 36.9 Å². The number of hydrogen-bond donors (Lipinski definition) is 3. The van der Waals surface area contributed by atoms with Crippen molar-refractivity contribution in [3.63, 3.8) is 0 Å². The zero-order valence-electron chi connectivity index (χ0n) is 13.8. The second-order valence-corrected chi connectivity index (χ2v) is 6.46. The number of ether oxygens (including phenoxy) is 2. The van der Waals surface area contributed by atoms with Gasteiger partial charge < -0.3 is 14.8 Å². The molecule has 1 aromatic carbocycles. The highest BCUT2D eigenvalue weighted by Gasteiger charge is 2.15. The summed E-state index contributed by atoms with van der Waals surface area (Å²) in [6.07, 6.45) is 2.28. The lowest BCUT2D eigenvalue weighted by Crippen LogP contribution is -2.49. The summed E-state index contributed by atoms with van der Waals surface area (Å²) in [5, 5.41) is 4.05. The lowest BCUT2D eigenvalue weighted by molar-refractivity contribution is -0.123. The van der Waals surface area contributed by atoms with Gasteiger partial charge in [0.15, 0.2) is 11.7 Å². The molecule has 1 heterocycles. The van der Waals surface area contributed by atoms with Crippen LogP contribution in [0.15, 0.2) is 12.1 Å². The average Bonchev–Trinajstić information content (AvgIpc) is 3.07. The van der Waals surface area contributed by atoms with E-state index < -0.39 is 0 Å². The molecule has 2 rings (SSSR count). The zero-order chi connectivity index (χ0) is 17.5. The molecule has 0 bridgehead atoms. The Kier molecular flexibility index (Phi) is 7.08. The summed E-state index contributed by atoms with van der Waals surface area (Å²) in [4.78, 5) is 11.8. The minimum Gasteiger partial charge on any atom is -0.484 e. The first-order valence-electron chi connectivity index (χ1n) is 7.79. The SMILES string of the molecule is Cc1cc(OCC(=O)NNC(=S)NC[C@@H]2CCCO2)cc(C)c1Cl. The van der Waals surface area contributed by atoms with Crippen molar-refractivity contribution in [1.82, 2.24) is 16.2 Å². The Morgan fingerprint density at radius 2 is 2.08 bits per heavy atom. The van der Waals surface area contributed by atoms with Crippen molar-refractivity contribution in [2.75, 3.05) is 19.8 Å². The molecule has 1 fully saturated rings. The molecule has 0 saturated carbocycles. The van der Waals surface area contributed by atoms with Crippen molar-refractivity contribution in [2.24, 2.45) is 0 Å². The van der Waals surface area contributed by atoms with Crippen LogP contribution in [0.4, 0.5) is 0 Å². The Morgan fingerprint density at radius 3 is 2.71 bits per heavy atom. The third-order valence-electron chi connectivity index (χ3n) is 3.61. The second-order valence-electron chi connectivity index (χ2n) is 5.68. The molecular weight excluding hydrogens is 350 g/mol. The number of nitrogens with one attached hydrogen (secondary N) is 3. The predicted molar refractivity (Wildman–Crippen MR) is 97.3 cm³/mol. The largest absolute Gasteiger partial charge is 0.484 e. The molecule has 1 aliphatic rings. The number of halogens is 1. The van der Waals surface area contributed by atoms with E-state index in [-0.39, 0.29) is 18.6 Å². The number of aryl methyl sites for hydroxylation is 2. The van der Waals surface area contributed by atoms with Gasteiger partial charge in [-0.2, -0.15) is 0 Å². The van der Waals surface area contributed by atoms with E-state index in [1.807, 2.05) is 13.8 Å². The Balaban J connectivity index is 1.66. The number of amides is 1. The fourth-order valence-electron chi connectivity index (χ4n) is 2.36. The first-order chi connectivity index (χ1) is 11.5. The van der Waals surface area contributed by atoms with Crippen LogP contribution >= 0.6 is 23.8 Å². The number of hydrogen-bond acceptors (Lipinski definition) is 4. The van der Waals surface area contributed by atoms with Gasteiger partial charge in [0.2, 0.25) is 0 Å². The normalized spacial score (nSPS) is 16.5. The highest BCUT2D eigenvalue weighted by Crippen LogP contribution is 2.25. The average molecular weight is 372 g/mol. The first-order valence-corrected chi connectivity index (χ1v) is 8.58. The van der Waals surface area contributed by atoms with Gasteiger partial charge in [-0.15, -0.1) is 0 Å². The molecule has 1 saturated heterocycles. The van der Waals surface area contributed by atoms with Gasteiger partial charge in [0.05, 0.1) is 6.10 Å². The van der Waals surface area contributed by atoms with E-state index >= 15 is 0 Å². The maximum Gasteiger partial charge on any atom is 0.276 e. The Morgan fingerprint density at radius 1 is 1.38 bits per heavy atom. The Hall–Kier alpha value is -1.57. The minimum absolute atomic E-state index is 0.123. The number of benzene rings is 1. The lowest BCUT2D eigenvalue weighted by Gasteiger charge is -2.15. The van der Waals surface area contributed by atoms with Crippen LogP contribution in [0.1, 0.15) is 24.0 Å². The Bertz CT molecular complexity index is 583. The van der Waals surface area contributed by atoms with E-state index in [0.717, 1.165) is 30.6 Å². The van der Waals surface area contributed by atoms with Gasteiger partial charge in [0.1, 0.15) is 5.75 Å². The second kappa shape index (κ2) is 9.05. The van der Waals surface area contributed by atoms with Gasteiger partial charge in [-0.3, -0.25) is 15.6 Å². The number of thiocarbonyl (C=S) groups is 1. The molecule has 1 aliphatic heterocycles. The highest BCUT2D eigenvalue weighted by molar-refractivity contribution is 7.80. The van der Waals surface area contributed by atoms with Gasteiger partial charge in [-0.05, 0) is 62.2 Å². The van der Waals surface area contributed by atoms with Crippen molar-refractivity contribution in [2.45, 2.75) is 32.8 Å². The third-order valence-corrected chi connectivity index (χ3v) is 4.45. The summed E-state index contributed by atoms with van der Waals surface area (Å²) < 4.78 is 10.9. The topological polar surface area (TPSA) is 71.6 Å². The summed E-state index contributed by atoms with van der Waals surface area (Å²) in [7, 11) is 0. The summed E-state index contributed by atoms with van der Waals surface area (Å²) in [6.45, 7) is 5.08. The van der Waals surface area contributed by atoms with E-state index in [9.17, 15) is 4.79 Å². The molecule has 6 nitrogen and oxygen atoms in total. The monoisotopic (exact) mass is 371 g/mol. The van der Waals surface area contributed by atoms with Crippen LogP contribution < -0.4 is 20.9 Å². The molecule has 132 valence electrons. The van der Waals surface area contributed by atoms with Crippen LogP contribution in [0.5, 0.6) is 5.75 Å². The van der Waals surface area contributed by atoms with Crippen LogP contribution in [0.25, 0.3) is 0 Å². The van der Waals surface area contributed by atoms with E-state index in [2.05, 4.69) is 16.2 Å². The number of carbonyl (C=O) groups excluding carboxylic acids is 1. The quantitative estimate of drug-likeness (QED) is 0.543. The predicted octanol–water partition coefficient (Wildman–Crippen LogP) is 2.01. The minimum atomic E-state index is -0.332. The van der Waals surface area contributed by atoms with Crippen LogP contribution in [-0.2, 0) is 9.53 Å². The molecule has 1 amide bonds. The van der Waals surface area contributed by atoms with Crippen LogP contribution in [0, 0.1) is 13.8 Å². The lowest BCUT2D eigenvalue weighted by atomic mass is 10.1. The standard InChI is InChI=1S/C16H22ClN3O3S/c1-10-6-13(7-11(2)15(10)17)23-9-14(21)19-20-16(24)18-8-12-4-3-5-22-12/h6-7,12H,3-5,8-9H2,1-2H3,(H,19,21)(H2,18,20,24)/t12-/m0/s1. The van der Waals surface area contributed by atoms with E-state index in [1.54, 1.807) is 12.1 Å². The van der Waals surface area contributed by atoms with Crippen molar-refractivity contribution >= 4 is 34.8 Å². The van der Waals surface area contributed by atoms with Gasteiger partial charge in [-0.1, -0.05) is 11.6 Å². The molecule has 24 heavy (non-hydrogen) atoms. The molecule has 0 radical (unpaired) electrons. The Labute approximate surface area is 152 Å². The molecule has 3 N–H and O–H groups in total. The molecule has 0 aliphatic carbocycles. The van der Waals surface area contributed by atoms with Gasteiger partial charge in [-0.25, -0.2) is 0 Å². The molecular formula is C16H22ClN3O3S. The number of hydrazine groups is 1. The third kappa shape index (κ3) is 5.81. The van der Waals surface area contributed by atoms with Gasteiger partial charge >= 0.3 is 0 Å². The number of rotatable bonds is 5. The maximum atomic E-state index is 11.8. The highest BCUT2D eigenvalue weighted by atomic mass is 35.5. The summed E-state index contributed by atoms with van der Waals surface area (Å²) in [6, 6.07) is 3.59. The van der Waals surface area contributed by atoms with E-state index in [4.69, 9.17) is 33.3 Å². The molecule has 1 aromatic rings. The molecule has 0 spiro atoms. The van der Waals surface area contributed by atoms with Crippen molar-refractivity contribution in [1.29, 1.82) is 0 Å². The maximum absolute atomic E-state index is 11.8. The molecule has 1 atom stereocenters. The number of carbonyl (C=O) groups is 1. The van der Waals surface area contributed by atoms with Crippen molar-refractivity contribution in [3.8, 4) is 5.75 Å². The van der Waals surface area contributed by atoms with Gasteiger partial charge in [0, 0.05) is 18.2 Å². The molecule has 0 aromatic heterocycles. The van der Waals surface area contributed by atoms with Crippen molar-refractivity contribution < 1.29 is 14.3 Å². The van der Waals surface area contributed by atoms with Crippen LogP contribution in [0.3, 0.4) is 0 Å². The molecule has 8 heteroatoms. The summed E-state index contributed by atoms with van der Waals surface area (Å²) >= 11 is 11.2. The van der Waals surface area contributed by atoms with Crippen LogP contribution in [0.2, 0.25) is 5.02 Å². The van der Waals surface area contributed by atoms with E-state index in [0.29, 0.717) is 22.4 Å². The van der Waals surface area contributed by atoms with Crippen molar-refractivity contribution in [3.05, 3.63) is 28.3 Å². The fourth-order valence-corrected chi connectivity index (χ4v) is 2.60. The smallest absolute Gasteiger partial charge is 0.276 e. The zero-order valence-corrected chi connectivity index (χ0v) is 15.4. The first kappa shape index (κ1) is 18.8.